The van der Waals surface area contributed by atoms with E-state index in [1.807, 2.05) is 0 Å². The summed E-state index contributed by atoms with van der Waals surface area (Å²) in [4.78, 5) is 10.5. The highest BCUT2D eigenvalue weighted by Gasteiger charge is 2.45. The first-order valence-corrected chi connectivity index (χ1v) is 6.40. The molecule has 2 rings (SSSR count). The number of carboxylic acid groups (broad SMARTS) is 1. The van der Waals surface area contributed by atoms with Crippen molar-refractivity contribution in [3.05, 3.63) is 0 Å². The van der Waals surface area contributed by atoms with Crippen molar-refractivity contribution in [1.29, 1.82) is 0 Å². The van der Waals surface area contributed by atoms with Gasteiger partial charge in [0.15, 0.2) is 0 Å². The van der Waals surface area contributed by atoms with E-state index < -0.39 is 22.7 Å². The highest BCUT2D eigenvalue weighted by molar-refractivity contribution is 7.87. The molecule has 2 aliphatic heterocycles. The van der Waals surface area contributed by atoms with Gasteiger partial charge >= 0.3 is 5.97 Å². The minimum atomic E-state index is -3.50. The Balaban J connectivity index is 2.19. The molecule has 2 saturated heterocycles. The highest BCUT2D eigenvalue weighted by Crippen LogP contribution is 2.29. The van der Waals surface area contributed by atoms with Gasteiger partial charge in [-0.1, -0.05) is 6.42 Å². The molecule has 6 nitrogen and oxygen atoms in total. The molecule has 0 bridgehead atoms. The summed E-state index contributed by atoms with van der Waals surface area (Å²) < 4.78 is 26.2. The predicted molar refractivity (Wildman–Crippen MR) is 52.5 cm³/mol. The summed E-state index contributed by atoms with van der Waals surface area (Å²) in [6.45, 7) is 0.438. The third kappa shape index (κ3) is 1.86. The van der Waals surface area contributed by atoms with Crippen molar-refractivity contribution in [1.82, 2.24) is 8.61 Å². The number of piperidine rings is 1. The average molecular weight is 234 g/mol. The average Bonchev–Trinajstić information content (AvgIpc) is 2.39. The SMILES string of the molecule is O=C(O)CN1C[C@H]2CCCCN2S1(=O)=O. The van der Waals surface area contributed by atoms with Crippen molar-refractivity contribution < 1.29 is 18.3 Å². The van der Waals surface area contributed by atoms with Crippen LogP contribution in [0.4, 0.5) is 0 Å². The second-order valence-corrected chi connectivity index (χ2v) is 5.84. The van der Waals surface area contributed by atoms with Gasteiger partial charge < -0.3 is 5.11 Å². The Morgan fingerprint density at radius 2 is 2.13 bits per heavy atom. The van der Waals surface area contributed by atoms with Gasteiger partial charge in [-0.15, -0.1) is 0 Å². The Morgan fingerprint density at radius 1 is 1.40 bits per heavy atom. The zero-order valence-electron chi connectivity index (χ0n) is 8.29. The molecule has 1 N–H and O–H groups in total. The van der Waals surface area contributed by atoms with Crippen molar-refractivity contribution in [2.75, 3.05) is 19.6 Å². The van der Waals surface area contributed by atoms with Crippen LogP contribution < -0.4 is 0 Å². The van der Waals surface area contributed by atoms with Crippen molar-refractivity contribution in [2.45, 2.75) is 25.3 Å². The van der Waals surface area contributed by atoms with E-state index in [2.05, 4.69) is 0 Å². The normalized spacial score (nSPS) is 31.3. The molecular formula is C8H14N2O4S. The molecule has 0 aromatic heterocycles. The van der Waals surface area contributed by atoms with Gasteiger partial charge in [0.25, 0.3) is 10.2 Å². The van der Waals surface area contributed by atoms with Crippen LogP contribution in [0, 0.1) is 0 Å². The van der Waals surface area contributed by atoms with E-state index >= 15 is 0 Å². The van der Waals surface area contributed by atoms with Crippen LogP contribution in [0.1, 0.15) is 19.3 Å². The molecule has 0 amide bonds. The van der Waals surface area contributed by atoms with Crippen LogP contribution in [-0.4, -0.2) is 53.8 Å². The number of carbonyl (C=O) groups is 1. The van der Waals surface area contributed by atoms with Crippen LogP contribution in [0.15, 0.2) is 0 Å². The maximum atomic E-state index is 11.9. The molecule has 0 aliphatic carbocycles. The van der Waals surface area contributed by atoms with Crippen molar-refractivity contribution in [3.8, 4) is 0 Å². The fraction of sp³-hybridized carbons (Fsp3) is 0.875. The van der Waals surface area contributed by atoms with Gasteiger partial charge in [-0.3, -0.25) is 4.79 Å². The molecule has 86 valence electrons. The van der Waals surface area contributed by atoms with Gasteiger partial charge in [0, 0.05) is 19.1 Å². The fourth-order valence-corrected chi connectivity index (χ4v) is 4.07. The lowest BCUT2D eigenvalue weighted by molar-refractivity contribution is -0.137. The first-order chi connectivity index (χ1) is 7.01. The lowest BCUT2D eigenvalue weighted by Crippen LogP contribution is -2.39. The van der Waals surface area contributed by atoms with Crippen LogP contribution in [-0.2, 0) is 15.0 Å². The van der Waals surface area contributed by atoms with E-state index in [1.165, 1.54) is 4.31 Å². The molecule has 15 heavy (non-hydrogen) atoms. The number of hydrogen-bond acceptors (Lipinski definition) is 3. The van der Waals surface area contributed by atoms with E-state index in [4.69, 9.17) is 5.11 Å². The number of aliphatic carboxylic acids is 1. The lowest BCUT2D eigenvalue weighted by Gasteiger charge is -2.26. The molecule has 2 heterocycles. The van der Waals surface area contributed by atoms with Gasteiger partial charge in [-0.2, -0.15) is 17.0 Å². The molecule has 0 saturated carbocycles. The highest BCUT2D eigenvalue weighted by atomic mass is 32.2. The lowest BCUT2D eigenvalue weighted by atomic mass is 10.1. The monoisotopic (exact) mass is 234 g/mol. The Labute approximate surface area is 88.7 Å². The van der Waals surface area contributed by atoms with Gasteiger partial charge in [0.1, 0.15) is 6.54 Å². The Morgan fingerprint density at radius 3 is 2.73 bits per heavy atom. The molecular weight excluding hydrogens is 220 g/mol. The van der Waals surface area contributed by atoms with Gasteiger partial charge in [0.2, 0.25) is 0 Å². The molecule has 2 fully saturated rings. The van der Waals surface area contributed by atoms with Gasteiger partial charge in [0.05, 0.1) is 0 Å². The summed E-state index contributed by atoms with van der Waals surface area (Å²) in [6, 6.07) is -0.0110. The summed E-state index contributed by atoms with van der Waals surface area (Å²) in [7, 11) is -3.50. The molecule has 7 heteroatoms. The second kappa shape index (κ2) is 3.73. The molecule has 1 atom stereocenters. The van der Waals surface area contributed by atoms with Gasteiger partial charge in [-0.05, 0) is 12.8 Å². The largest absolute Gasteiger partial charge is 0.480 e. The van der Waals surface area contributed by atoms with E-state index in [0.717, 1.165) is 23.6 Å². The molecule has 0 unspecified atom stereocenters. The maximum absolute atomic E-state index is 11.9. The number of hydrogen-bond donors (Lipinski definition) is 1. The fourth-order valence-electron chi connectivity index (χ4n) is 2.23. The first-order valence-electron chi connectivity index (χ1n) is 5.00. The summed E-state index contributed by atoms with van der Waals surface area (Å²) in [5.74, 6) is -1.10. The summed E-state index contributed by atoms with van der Waals surface area (Å²) >= 11 is 0. The quantitative estimate of drug-likeness (QED) is 0.697. The van der Waals surface area contributed by atoms with Crippen LogP contribution in [0.25, 0.3) is 0 Å². The summed E-state index contributed by atoms with van der Waals surface area (Å²) in [5.41, 5.74) is 0. The topological polar surface area (TPSA) is 77.9 Å². The number of rotatable bonds is 2. The Bertz CT molecular complexity index is 367. The molecule has 2 aliphatic rings. The minimum Gasteiger partial charge on any atom is -0.480 e. The van der Waals surface area contributed by atoms with Crippen LogP contribution >= 0.6 is 0 Å². The van der Waals surface area contributed by atoms with Crippen LogP contribution in [0.3, 0.4) is 0 Å². The molecule has 0 aromatic rings. The van der Waals surface area contributed by atoms with E-state index in [1.54, 1.807) is 0 Å². The van der Waals surface area contributed by atoms with Crippen LogP contribution in [0.5, 0.6) is 0 Å². The molecule has 0 radical (unpaired) electrons. The van der Waals surface area contributed by atoms with Crippen molar-refractivity contribution in [3.63, 3.8) is 0 Å². The standard InChI is InChI=1S/C8H14N2O4S/c11-8(12)6-9-5-7-3-1-2-4-10(7)15(9,13)14/h7H,1-6H2,(H,11,12)/t7-/m1/s1. The predicted octanol–water partition coefficient (Wildman–Crippen LogP) is -0.514. The zero-order chi connectivity index (χ0) is 11.1. The van der Waals surface area contributed by atoms with Crippen LogP contribution in [0.2, 0.25) is 0 Å². The van der Waals surface area contributed by atoms with Crippen molar-refractivity contribution >= 4 is 16.2 Å². The second-order valence-electron chi connectivity index (χ2n) is 3.95. The Kier molecular flexibility index (Phi) is 2.70. The van der Waals surface area contributed by atoms with E-state index in [0.29, 0.717) is 13.1 Å². The number of carboxylic acids is 1. The number of nitrogens with zero attached hydrogens (tertiary/aromatic N) is 2. The first kappa shape index (κ1) is 10.8. The minimum absolute atomic E-state index is 0.0110. The van der Waals surface area contributed by atoms with E-state index in [9.17, 15) is 13.2 Å². The maximum Gasteiger partial charge on any atom is 0.318 e. The van der Waals surface area contributed by atoms with Gasteiger partial charge in [-0.25, -0.2) is 0 Å². The summed E-state index contributed by atoms with van der Waals surface area (Å²) in [6.07, 6.45) is 2.74. The third-order valence-electron chi connectivity index (χ3n) is 2.92. The smallest absolute Gasteiger partial charge is 0.318 e. The number of fused-ring (bicyclic) bond motifs is 1. The molecule has 0 aromatic carbocycles. The Hall–Kier alpha value is -0.660. The van der Waals surface area contributed by atoms with Crippen molar-refractivity contribution in [2.24, 2.45) is 0 Å². The summed E-state index contributed by atoms with van der Waals surface area (Å²) in [5, 5.41) is 8.62. The van der Waals surface area contributed by atoms with E-state index in [-0.39, 0.29) is 6.04 Å². The third-order valence-corrected chi connectivity index (χ3v) is 4.93. The molecule has 0 spiro atoms. The zero-order valence-corrected chi connectivity index (χ0v) is 9.11.